The quantitative estimate of drug-likeness (QED) is 0.620. The highest BCUT2D eigenvalue weighted by Gasteiger charge is 2.26. The van der Waals surface area contributed by atoms with E-state index in [2.05, 4.69) is 37.0 Å². The number of anilines is 2. The molecule has 0 bridgehead atoms. The van der Waals surface area contributed by atoms with E-state index >= 15 is 0 Å². The number of nitrogens with zero attached hydrogens (tertiary/aromatic N) is 3. The zero-order chi connectivity index (χ0) is 24.2. The smallest absolute Gasteiger partial charge is 0.330 e. The van der Waals surface area contributed by atoms with Gasteiger partial charge in [0.1, 0.15) is 5.82 Å². The molecule has 0 radical (unpaired) electrons. The Morgan fingerprint density at radius 3 is 2.34 bits per heavy atom. The van der Waals surface area contributed by atoms with E-state index in [0.29, 0.717) is 19.6 Å². The van der Waals surface area contributed by atoms with Crippen LogP contribution in [0.15, 0.2) is 27.8 Å². The van der Waals surface area contributed by atoms with Crippen LogP contribution in [0.1, 0.15) is 44.4 Å². The monoisotopic (exact) mass is 443 g/mol. The minimum atomic E-state index is -0.640. The molecular formula is C24H37N5O3. The van der Waals surface area contributed by atoms with Crippen molar-refractivity contribution in [2.45, 2.75) is 54.6 Å². The Bertz CT molecular complexity index is 1070. The van der Waals surface area contributed by atoms with Gasteiger partial charge in [0.2, 0.25) is 5.91 Å². The molecule has 2 rings (SSSR count). The number of aryl methyl sites for hydroxylation is 2. The minimum Gasteiger partial charge on any atom is -0.383 e. The number of aromatic nitrogens is 2. The van der Waals surface area contributed by atoms with Crippen molar-refractivity contribution in [3.05, 3.63) is 55.7 Å². The molecule has 0 aliphatic rings. The normalized spacial score (nSPS) is 11.6. The van der Waals surface area contributed by atoms with E-state index in [1.54, 1.807) is 0 Å². The Morgan fingerprint density at radius 2 is 1.78 bits per heavy atom. The molecule has 32 heavy (non-hydrogen) atoms. The third kappa shape index (κ3) is 6.32. The number of hydrogen-bond acceptors (Lipinski definition) is 5. The molecule has 176 valence electrons. The molecule has 0 spiro atoms. The molecule has 0 saturated carbocycles. The van der Waals surface area contributed by atoms with Crippen LogP contribution in [-0.2, 0) is 17.9 Å². The van der Waals surface area contributed by atoms with Gasteiger partial charge in [-0.3, -0.25) is 24.0 Å². The van der Waals surface area contributed by atoms with E-state index in [1.165, 1.54) is 20.6 Å². The number of hydrogen-bond donors (Lipinski definition) is 2. The Hall–Kier alpha value is -2.87. The summed E-state index contributed by atoms with van der Waals surface area (Å²) in [5, 5.41) is 0. The van der Waals surface area contributed by atoms with E-state index in [0.717, 1.165) is 5.56 Å². The number of nitrogen functional groups attached to an aromatic ring is 1. The predicted molar refractivity (Wildman–Crippen MR) is 130 cm³/mol. The third-order valence-electron chi connectivity index (χ3n) is 5.22. The van der Waals surface area contributed by atoms with Crippen molar-refractivity contribution in [3.63, 3.8) is 0 Å². The molecule has 8 nitrogen and oxygen atoms in total. The van der Waals surface area contributed by atoms with Gasteiger partial charge in [-0.25, -0.2) is 4.79 Å². The fourth-order valence-corrected chi connectivity index (χ4v) is 3.75. The highest BCUT2D eigenvalue weighted by molar-refractivity contribution is 5.96. The van der Waals surface area contributed by atoms with Crippen LogP contribution < -0.4 is 21.9 Å². The Labute approximate surface area is 190 Å². The van der Waals surface area contributed by atoms with Crippen molar-refractivity contribution in [1.82, 2.24) is 14.5 Å². The van der Waals surface area contributed by atoms with Crippen LogP contribution >= 0.6 is 0 Å². The minimum absolute atomic E-state index is 0.0264. The molecule has 0 fully saturated rings. The van der Waals surface area contributed by atoms with Crippen LogP contribution in [-0.4, -0.2) is 40.5 Å². The van der Waals surface area contributed by atoms with Crippen molar-refractivity contribution >= 4 is 17.4 Å². The van der Waals surface area contributed by atoms with Gasteiger partial charge in [0.05, 0.1) is 6.54 Å². The maximum absolute atomic E-state index is 13.3. The lowest BCUT2D eigenvalue weighted by atomic mass is 10.1. The lowest BCUT2D eigenvalue weighted by molar-refractivity contribution is -0.119. The molecule has 1 aromatic carbocycles. The van der Waals surface area contributed by atoms with E-state index in [4.69, 9.17) is 5.73 Å². The average molecular weight is 444 g/mol. The summed E-state index contributed by atoms with van der Waals surface area (Å²) in [6, 6.07) is 6.25. The van der Waals surface area contributed by atoms with Crippen LogP contribution in [0, 0.1) is 25.7 Å². The number of rotatable bonds is 9. The molecule has 0 aliphatic heterocycles. The summed E-state index contributed by atoms with van der Waals surface area (Å²) in [5.41, 5.74) is 8.62. The molecule has 0 saturated heterocycles. The summed E-state index contributed by atoms with van der Waals surface area (Å²) in [7, 11) is 1.87. The second-order valence-corrected chi connectivity index (χ2v) is 9.50. The van der Waals surface area contributed by atoms with Gasteiger partial charge in [-0.1, -0.05) is 51.5 Å². The first kappa shape index (κ1) is 25.4. The van der Waals surface area contributed by atoms with Crippen LogP contribution in [0.4, 0.5) is 11.5 Å². The summed E-state index contributed by atoms with van der Waals surface area (Å²) < 4.78 is 1.33. The number of aromatic amines is 1. The zero-order valence-corrected chi connectivity index (χ0v) is 20.4. The average Bonchev–Trinajstić information content (AvgIpc) is 2.66. The Kier molecular flexibility index (Phi) is 8.44. The summed E-state index contributed by atoms with van der Waals surface area (Å²) >= 11 is 0. The first-order valence-electron chi connectivity index (χ1n) is 11.1. The molecule has 8 heteroatoms. The van der Waals surface area contributed by atoms with Gasteiger partial charge in [-0.05, 0) is 43.9 Å². The molecule has 1 heterocycles. The predicted octanol–water partition coefficient (Wildman–Crippen LogP) is 2.51. The number of likely N-dealkylation sites (N-methyl/N-ethyl adjacent to an activating group) is 1. The number of amides is 1. The molecular weight excluding hydrogens is 406 g/mol. The van der Waals surface area contributed by atoms with Gasteiger partial charge in [-0.15, -0.1) is 0 Å². The van der Waals surface area contributed by atoms with Crippen LogP contribution in [0.2, 0.25) is 0 Å². The van der Waals surface area contributed by atoms with E-state index in [1.807, 2.05) is 39.6 Å². The Morgan fingerprint density at radius 1 is 1.12 bits per heavy atom. The standard InChI is InChI=1S/C24H37N5O3/c1-15(2)11-28(21-22(25)29(12-16(3)4)24(32)26-23(21)31)20(30)14-27(7)13-19-9-8-17(5)10-18(19)6/h8-10,15-16H,11-14,25H2,1-7H3,(H,26,31,32). The lowest BCUT2D eigenvalue weighted by Crippen LogP contribution is -2.46. The van der Waals surface area contributed by atoms with Gasteiger partial charge >= 0.3 is 5.69 Å². The fraction of sp³-hybridized carbons (Fsp3) is 0.542. The number of benzene rings is 1. The number of nitrogens with two attached hydrogens (primary N) is 1. The van der Waals surface area contributed by atoms with Crippen molar-refractivity contribution in [2.24, 2.45) is 11.8 Å². The maximum Gasteiger partial charge on any atom is 0.330 e. The van der Waals surface area contributed by atoms with Gasteiger partial charge < -0.3 is 10.6 Å². The largest absolute Gasteiger partial charge is 0.383 e. The zero-order valence-electron chi connectivity index (χ0n) is 20.4. The van der Waals surface area contributed by atoms with Gasteiger partial charge in [0, 0.05) is 19.6 Å². The van der Waals surface area contributed by atoms with Crippen LogP contribution in [0.3, 0.4) is 0 Å². The van der Waals surface area contributed by atoms with Crippen LogP contribution in [0.5, 0.6) is 0 Å². The van der Waals surface area contributed by atoms with E-state index in [-0.39, 0.29) is 35.8 Å². The molecule has 1 aromatic heterocycles. The maximum atomic E-state index is 13.3. The number of carbonyl (C=O) groups is 1. The number of H-pyrrole nitrogens is 1. The summed E-state index contributed by atoms with van der Waals surface area (Å²) in [5.74, 6) is 0.0381. The van der Waals surface area contributed by atoms with E-state index in [9.17, 15) is 14.4 Å². The lowest BCUT2D eigenvalue weighted by Gasteiger charge is -2.28. The van der Waals surface area contributed by atoms with E-state index < -0.39 is 11.2 Å². The molecule has 2 aromatic rings. The molecule has 1 amide bonds. The fourth-order valence-electron chi connectivity index (χ4n) is 3.75. The van der Waals surface area contributed by atoms with Crippen molar-refractivity contribution in [2.75, 3.05) is 30.8 Å². The van der Waals surface area contributed by atoms with Crippen molar-refractivity contribution in [1.29, 1.82) is 0 Å². The van der Waals surface area contributed by atoms with Gasteiger partial charge in [0.15, 0.2) is 5.69 Å². The SMILES string of the molecule is Cc1ccc(CN(C)CC(=O)N(CC(C)C)c2c(N)n(CC(C)C)c(=O)[nH]c2=O)c(C)c1. The summed E-state index contributed by atoms with van der Waals surface area (Å²) in [4.78, 5) is 44.0. The van der Waals surface area contributed by atoms with Crippen molar-refractivity contribution in [3.8, 4) is 0 Å². The second-order valence-electron chi connectivity index (χ2n) is 9.50. The topological polar surface area (TPSA) is 104 Å². The highest BCUT2D eigenvalue weighted by Crippen LogP contribution is 2.20. The Balaban J connectivity index is 2.36. The first-order chi connectivity index (χ1) is 14.9. The molecule has 3 N–H and O–H groups in total. The van der Waals surface area contributed by atoms with Gasteiger partial charge in [-0.2, -0.15) is 0 Å². The summed E-state index contributed by atoms with van der Waals surface area (Å²) in [6.45, 7) is 13.3. The molecule has 0 atom stereocenters. The third-order valence-corrected chi connectivity index (χ3v) is 5.22. The highest BCUT2D eigenvalue weighted by atomic mass is 16.2. The molecule has 0 unspecified atom stereocenters. The second kappa shape index (κ2) is 10.6. The van der Waals surface area contributed by atoms with Gasteiger partial charge in [0.25, 0.3) is 5.56 Å². The molecule has 0 aliphatic carbocycles. The number of nitrogens with one attached hydrogen (secondary N) is 1. The van der Waals surface area contributed by atoms with Crippen LogP contribution in [0.25, 0.3) is 0 Å². The first-order valence-corrected chi connectivity index (χ1v) is 11.1. The summed E-state index contributed by atoms with van der Waals surface area (Å²) in [6.07, 6.45) is 0. The number of carbonyl (C=O) groups excluding carboxylic acids is 1. The van der Waals surface area contributed by atoms with Crippen molar-refractivity contribution < 1.29 is 4.79 Å².